The highest BCUT2D eigenvalue weighted by Crippen LogP contribution is 2.33. The van der Waals surface area contributed by atoms with Crippen LogP contribution < -0.4 is 10.6 Å². The first-order chi connectivity index (χ1) is 24.4. The van der Waals surface area contributed by atoms with Crippen molar-refractivity contribution in [3.05, 3.63) is 108 Å². The molecule has 0 aliphatic heterocycles. The third-order valence-corrected chi connectivity index (χ3v) is 4.97. The molecule has 39 heavy (non-hydrogen) atoms. The monoisotopic (exact) mass is 543 g/mol. The molecular formula is C28H22F3N7O. The smallest absolute Gasteiger partial charge is 0.324 e. The van der Waals surface area contributed by atoms with E-state index in [9.17, 15) is 18.0 Å². The van der Waals surface area contributed by atoms with Crippen molar-refractivity contribution in [2.24, 2.45) is 0 Å². The number of aryl methyl sites for hydroxylation is 2. The van der Waals surface area contributed by atoms with Crippen molar-refractivity contribution in [3.63, 3.8) is 0 Å². The summed E-state index contributed by atoms with van der Waals surface area (Å²) >= 11 is 0. The molecule has 0 aliphatic carbocycles. The zero-order valence-corrected chi connectivity index (χ0v) is 19.5. The molecule has 0 bridgehead atoms. The maximum Gasteiger partial charge on any atom is 0.416 e. The minimum atomic E-state index is -5.43. The van der Waals surface area contributed by atoms with Gasteiger partial charge in [0, 0.05) is 57.0 Å². The van der Waals surface area contributed by atoms with E-state index in [2.05, 4.69) is 25.3 Å². The van der Waals surface area contributed by atoms with E-state index >= 15 is 0 Å². The van der Waals surface area contributed by atoms with Crippen molar-refractivity contribution in [2.75, 3.05) is 10.6 Å². The Kier molecular flexibility index (Phi) is 3.63. The van der Waals surface area contributed by atoms with Gasteiger partial charge >= 0.3 is 6.18 Å². The summed E-state index contributed by atoms with van der Waals surface area (Å²) in [5.41, 5.74) is -5.88. The SMILES string of the molecule is [2H]c1nc(Nc2cc(C(=O)Nc3c([2H])c(-n4c([2H])nc(C([2H])([2H])[2H])c4[2H])c([2H])c(C(F)(F)F)c3[2H])ccc2C)nc(-c2c([2H])nc([2H])c([2H])c2[2H])c1[2H]. The fourth-order valence-electron chi connectivity index (χ4n) is 3.15. The lowest BCUT2D eigenvalue weighted by molar-refractivity contribution is -0.137. The molecule has 8 nitrogen and oxygen atoms in total. The van der Waals surface area contributed by atoms with Crippen LogP contribution in [0.1, 0.15) is 46.4 Å². The van der Waals surface area contributed by atoms with Crippen LogP contribution in [0.5, 0.6) is 0 Å². The normalized spacial score (nSPS) is 16.7. The van der Waals surface area contributed by atoms with E-state index in [1.165, 1.54) is 12.1 Å². The Morgan fingerprint density at radius 3 is 2.79 bits per heavy atom. The van der Waals surface area contributed by atoms with Gasteiger partial charge in [-0.1, -0.05) is 6.07 Å². The van der Waals surface area contributed by atoms with Gasteiger partial charge in [0.1, 0.15) is 1.37 Å². The summed E-state index contributed by atoms with van der Waals surface area (Å²) < 4.78 is 155. The van der Waals surface area contributed by atoms with Crippen molar-refractivity contribution in [2.45, 2.75) is 20.0 Å². The summed E-state index contributed by atoms with van der Waals surface area (Å²) in [6, 6.07) is -2.38. The Morgan fingerprint density at radius 1 is 1.13 bits per heavy atom. The number of halogens is 3. The number of nitrogens with zero attached hydrogens (tertiary/aromatic N) is 5. The van der Waals surface area contributed by atoms with Gasteiger partial charge in [0.25, 0.3) is 5.91 Å². The fourth-order valence-corrected chi connectivity index (χ4v) is 3.15. The zero-order chi connectivity index (χ0) is 39.6. The van der Waals surface area contributed by atoms with Gasteiger partial charge in [0.05, 0.1) is 37.0 Å². The molecule has 2 N–H and O–H groups in total. The lowest BCUT2D eigenvalue weighted by Crippen LogP contribution is -2.14. The highest BCUT2D eigenvalue weighted by atomic mass is 19.4. The average Bonchev–Trinajstić information content (AvgIpc) is 3.34. The topological polar surface area (TPSA) is 97.6 Å². The molecule has 5 aromatic rings. The molecule has 3 heterocycles. The number of pyridine rings is 1. The molecule has 1 amide bonds. The number of nitrogens with one attached hydrogen (secondary N) is 2. The molecule has 2 aromatic carbocycles. The Balaban J connectivity index is 1.58. The number of aromatic nitrogens is 5. The van der Waals surface area contributed by atoms with Gasteiger partial charge in [-0.05, 0) is 67.7 Å². The first-order valence-corrected chi connectivity index (χ1v) is 10.7. The van der Waals surface area contributed by atoms with Crippen molar-refractivity contribution < 1.29 is 37.2 Å². The molecule has 0 saturated carbocycles. The molecule has 0 radical (unpaired) electrons. The number of carbonyl (C=O) groups excluding carboxylic acids is 1. The minimum absolute atomic E-state index is 0.0578. The van der Waals surface area contributed by atoms with E-state index in [-0.39, 0.29) is 21.8 Å². The molecule has 0 fully saturated rings. The number of rotatable bonds is 6. The molecule has 0 spiro atoms. The molecule has 3 aromatic heterocycles. The number of hydrogen-bond acceptors (Lipinski definition) is 6. The number of anilines is 3. The maximum atomic E-state index is 14.2. The number of imidazole rings is 1. The van der Waals surface area contributed by atoms with E-state index < -0.39 is 120 Å². The molecule has 5 rings (SSSR count). The third kappa shape index (κ3) is 5.93. The van der Waals surface area contributed by atoms with Crippen LogP contribution in [0, 0.1) is 13.8 Å². The van der Waals surface area contributed by atoms with Gasteiger partial charge in [-0.3, -0.25) is 9.78 Å². The van der Waals surface area contributed by atoms with Gasteiger partial charge in [0.15, 0.2) is 0 Å². The predicted molar refractivity (Wildman–Crippen MR) is 141 cm³/mol. The molecule has 196 valence electrons. The summed E-state index contributed by atoms with van der Waals surface area (Å²) in [4.78, 5) is 28.4. The second kappa shape index (κ2) is 10.4. The van der Waals surface area contributed by atoms with Crippen LogP contribution in [0.4, 0.5) is 30.5 Å². The number of amides is 1. The number of hydrogen-bond donors (Lipinski definition) is 2. The predicted octanol–water partition coefficient (Wildman–Crippen LogP) is 6.36. The quantitative estimate of drug-likeness (QED) is 0.259. The Labute approximate surface area is 241 Å². The van der Waals surface area contributed by atoms with Crippen LogP contribution in [0.25, 0.3) is 16.9 Å². The van der Waals surface area contributed by atoms with Gasteiger partial charge in [-0.25, -0.2) is 15.0 Å². The second-order valence-corrected chi connectivity index (χ2v) is 7.68. The van der Waals surface area contributed by atoms with Gasteiger partial charge in [0.2, 0.25) is 5.95 Å². The summed E-state index contributed by atoms with van der Waals surface area (Å²) in [5, 5.41) is 4.75. The van der Waals surface area contributed by atoms with Crippen molar-refractivity contribution in [1.29, 1.82) is 0 Å². The van der Waals surface area contributed by atoms with Crippen LogP contribution in [0.15, 0.2) is 85.4 Å². The maximum absolute atomic E-state index is 14.2. The molecular weight excluding hydrogens is 507 g/mol. The van der Waals surface area contributed by atoms with Crippen LogP contribution in [-0.4, -0.2) is 30.4 Å². The third-order valence-electron chi connectivity index (χ3n) is 4.97. The van der Waals surface area contributed by atoms with Crippen LogP contribution in [0.3, 0.4) is 0 Å². The molecule has 0 atom stereocenters. The largest absolute Gasteiger partial charge is 0.416 e. The Bertz CT molecular complexity index is 2350. The minimum Gasteiger partial charge on any atom is -0.324 e. The second-order valence-electron chi connectivity index (χ2n) is 7.68. The number of benzene rings is 2. The standard InChI is InChI=1S/C28H22F3N7O/c1-17-5-6-19(10-25(17)37-27-33-9-7-24(36-27)20-4-3-8-32-14-20)26(39)35-22-11-21(28(29,30)31)12-23(13-22)38-15-18(2)34-16-38/h3-16H,1-2H3,(H,35,39)(H,33,36,37)/i2D3,3D,4D,7D,8D,9D,11D,12D,13D,14D,15D,16D. The average molecular weight is 544 g/mol. The molecule has 11 heteroatoms. The van der Waals surface area contributed by atoms with Gasteiger partial charge in [-0.15, -0.1) is 0 Å². The summed E-state index contributed by atoms with van der Waals surface area (Å²) in [5.74, 6) is -1.58. The van der Waals surface area contributed by atoms with Crippen LogP contribution in [0.2, 0.25) is 0 Å². The van der Waals surface area contributed by atoms with Crippen molar-refractivity contribution >= 4 is 23.2 Å². The van der Waals surface area contributed by atoms with Gasteiger partial charge in [-0.2, -0.15) is 13.2 Å². The number of alkyl halides is 3. The van der Waals surface area contributed by atoms with Crippen LogP contribution >= 0.6 is 0 Å². The Hall–Kier alpha value is -5.06. The summed E-state index contributed by atoms with van der Waals surface area (Å²) in [7, 11) is 0. The highest BCUT2D eigenvalue weighted by Gasteiger charge is 2.31. The van der Waals surface area contributed by atoms with Crippen molar-refractivity contribution in [3.8, 4) is 16.9 Å². The summed E-state index contributed by atoms with van der Waals surface area (Å²) in [6.07, 6.45) is -9.64. The fraction of sp³-hybridized carbons (Fsp3) is 0.107. The van der Waals surface area contributed by atoms with E-state index in [1.54, 1.807) is 6.92 Å². The zero-order valence-electron chi connectivity index (χ0n) is 33.5. The molecule has 0 saturated heterocycles. The highest BCUT2D eigenvalue weighted by molar-refractivity contribution is 6.05. The van der Waals surface area contributed by atoms with Crippen LogP contribution in [-0.2, 0) is 6.18 Å². The van der Waals surface area contributed by atoms with E-state index in [1.807, 2.05) is 5.32 Å². The number of carbonyl (C=O) groups is 1. The molecule has 0 aliphatic rings. The molecule has 0 unspecified atom stereocenters. The van der Waals surface area contributed by atoms with E-state index in [4.69, 9.17) is 19.2 Å². The first-order valence-electron chi connectivity index (χ1n) is 17.7. The van der Waals surface area contributed by atoms with Gasteiger partial charge < -0.3 is 15.2 Å². The lowest BCUT2D eigenvalue weighted by atomic mass is 10.1. The first kappa shape index (κ1) is 13.7. The van der Waals surface area contributed by atoms with Crippen molar-refractivity contribution in [1.82, 2.24) is 24.5 Å². The Morgan fingerprint density at radius 2 is 2.00 bits per heavy atom. The summed E-state index contributed by atoms with van der Waals surface area (Å²) in [6.45, 7) is -1.55. The van der Waals surface area contributed by atoms with E-state index in [0.29, 0.717) is 5.56 Å². The lowest BCUT2D eigenvalue weighted by Gasteiger charge is -2.14. The van der Waals surface area contributed by atoms with E-state index in [0.717, 1.165) is 6.07 Å².